The Bertz CT molecular complexity index is 1050. The van der Waals surface area contributed by atoms with E-state index in [1.807, 2.05) is 0 Å². The molecule has 1 aliphatic heterocycles. The fourth-order valence-corrected chi connectivity index (χ4v) is 5.78. The van der Waals surface area contributed by atoms with Gasteiger partial charge in [-0.05, 0) is 39.7 Å². The van der Waals surface area contributed by atoms with Crippen LogP contribution in [0.25, 0.3) is 0 Å². The standard InChI is InChI=1S/C32H40N2O/c1-21(2)26-12-16-28(17-13-26)31-23(5)30(33-35)24(6)32(29-18-14-27(15-19-29)22(3)4)34(31)20-25-10-8-7-9-11-25/h7-19,21-24,31-32,35H,20H2,1-6H3. The minimum absolute atomic E-state index is 0.0924. The molecule has 0 aromatic heterocycles. The molecular formula is C32H40N2O. The summed E-state index contributed by atoms with van der Waals surface area (Å²) in [7, 11) is 0. The summed E-state index contributed by atoms with van der Waals surface area (Å²) in [4.78, 5) is 2.63. The molecule has 35 heavy (non-hydrogen) atoms. The van der Waals surface area contributed by atoms with Gasteiger partial charge in [-0.15, -0.1) is 0 Å². The molecule has 3 nitrogen and oxygen atoms in total. The maximum atomic E-state index is 10.1. The van der Waals surface area contributed by atoms with Crippen molar-refractivity contribution in [1.29, 1.82) is 0 Å². The first kappa shape index (κ1) is 25.2. The summed E-state index contributed by atoms with van der Waals surface area (Å²) in [5, 5.41) is 14.0. The third kappa shape index (κ3) is 5.21. The van der Waals surface area contributed by atoms with E-state index in [0.717, 1.165) is 12.3 Å². The third-order valence-electron chi connectivity index (χ3n) is 7.81. The zero-order chi connectivity index (χ0) is 25.1. The van der Waals surface area contributed by atoms with E-state index in [1.54, 1.807) is 0 Å². The largest absolute Gasteiger partial charge is 0.411 e. The van der Waals surface area contributed by atoms with Crippen molar-refractivity contribution in [2.24, 2.45) is 17.0 Å². The Labute approximate surface area is 211 Å². The predicted molar refractivity (Wildman–Crippen MR) is 146 cm³/mol. The number of likely N-dealkylation sites (tertiary alicyclic amines) is 1. The van der Waals surface area contributed by atoms with E-state index in [2.05, 4.69) is 130 Å². The Morgan fingerprint density at radius 2 is 1.11 bits per heavy atom. The van der Waals surface area contributed by atoms with Crippen LogP contribution in [0.3, 0.4) is 0 Å². The molecule has 184 valence electrons. The van der Waals surface area contributed by atoms with E-state index in [0.29, 0.717) is 11.8 Å². The Balaban J connectivity index is 1.84. The molecule has 4 atom stereocenters. The van der Waals surface area contributed by atoms with Crippen molar-refractivity contribution in [3.05, 3.63) is 107 Å². The monoisotopic (exact) mass is 468 g/mol. The van der Waals surface area contributed by atoms with Crippen LogP contribution >= 0.6 is 0 Å². The minimum atomic E-state index is 0.0924. The first-order valence-electron chi connectivity index (χ1n) is 13.0. The maximum Gasteiger partial charge on any atom is 0.0665 e. The van der Waals surface area contributed by atoms with E-state index >= 15 is 0 Å². The van der Waals surface area contributed by atoms with Crippen molar-refractivity contribution >= 4 is 5.71 Å². The lowest BCUT2D eigenvalue weighted by atomic mass is 9.73. The lowest BCUT2D eigenvalue weighted by molar-refractivity contribution is 0.0596. The van der Waals surface area contributed by atoms with E-state index in [1.165, 1.54) is 27.8 Å². The smallest absolute Gasteiger partial charge is 0.0665 e. The molecular weight excluding hydrogens is 428 g/mol. The first-order chi connectivity index (χ1) is 16.8. The summed E-state index contributed by atoms with van der Waals surface area (Å²) in [5.41, 5.74) is 7.41. The van der Waals surface area contributed by atoms with Crippen molar-refractivity contribution in [3.8, 4) is 0 Å². The average Bonchev–Trinajstić information content (AvgIpc) is 2.85. The van der Waals surface area contributed by atoms with Gasteiger partial charge < -0.3 is 5.21 Å². The number of nitrogens with zero attached hydrogens (tertiary/aromatic N) is 2. The lowest BCUT2D eigenvalue weighted by Crippen LogP contribution is -2.49. The van der Waals surface area contributed by atoms with Crippen molar-refractivity contribution < 1.29 is 5.21 Å². The number of piperidine rings is 1. The average molecular weight is 469 g/mol. The first-order valence-corrected chi connectivity index (χ1v) is 13.0. The Morgan fingerprint density at radius 1 is 0.686 bits per heavy atom. The van der Waals surface area contributed by atoms with Gasteiger partial charge in [-0.3, -0.25) is 4.90 Å². The van der Waals surface area contributed by atoms with Gasteiger partial charge in [-0.25, -0.2) is 0 Å². The van der Waals surface area contributed by atoms with Crippen LogP contribution < -0.4 is 0 Å². The van der Waals surface area contributed by atoms with E-state index in [4.69, 9.17) is 0 Å². The van der Waals surface area contributed by atoms with E-state index < -0.39 is 0 Å². The molecule has 4 unspecified atom stereocenters. The van der Waals surface area contributed by atoms with Gasteiger partial charge in [-0.1, -0.05) is 126 Å². The highest BCUT2D eigenvalue weighted by atomic mass is 16.4. The fourth-order valence-electron chi connectivity index (χ4n) is 5.78. The van der Waals surface area contributed by atoms with Gasteiger partial charge >= 0.3 is 0 Å². The molecule has 1 aliphatic rings. The number of oxime groups is 1. The van der Waals surface area contributed by atoms with Crippen LogP contribution in [0.4, 0.5) is 0 Å². The molecule has 0 radical (unpaired) electrons. The van der Waals surface area contributed by atoms with Crippen LogP contribution in [0.5, 0.6) is 0 Å². The maximum absolute atomic E-state index is 10.1. The molecule has 1 N–H and O–H groups in total. The highest BCUT2D eigenvalue weighted by Crippen LogP contribution is 2.47. The summed E-state index contributed by atoms with van der Waals surface area (Å²) >= 11 is 0. The zero-order valence-corrected chi connectivity index (χ0v) is 22.0. The van der Waals surface area contributed by atoms with Crippen LogP contribution in [0.2, 0.25) is 0 Å². The highest BCUT2D eigenvalue weighted by molar-refractivity contribution is 5.90. The van der Waals surface area contributed by atoms with Crippen molar-refractivity contribution in [2.75, 3.05) is 0 Å². The van der Waals surface area contributed by atoms with Gasteiger partial charge in [0.1, 0.15) is 0 Å². The molecule has 0 bridgehead atoms. The van der Waals surface area contributed by atoms with Crippen LogP contribution in [0.15, 0.2) is 84.0 Å². The predicted octanol–water partition coefficient (Wildman–Crippen LogP) is 8.33. The van der Waals surface area contributed by atoms with Crippen LogP contribution in [-0.2, 0) is 6.54 Å². The topological polar surface area (TPSA) is 35.8 Å². The number of benzene rings is 3. The summed E-state index contributed by atoms with van der Waals surface area (Å²) in [5.74, 6) is 1.18. The summed E-state index contributed by atoms with van der Waals surface area (Å²) < 4.78 is 0. The Kier molecular flexibility index (Phi) is 7.76. The van der Waals surface area contributed by atoms with Crippen molar-refractivity contribution in [3.63, 3.8) is 0 Å². The van der Waals surface area contributed by atoms with Crippen LogP contribution in [0.1, 0.15) is 93.3 Å². The molecule has 3 heteroatoms. The van der Waals surface area contributed by atoms with Crippen molar-refractivity contribution in [1.82, 2.24) is 4.90 Å². The second-order valence-electron chi connectivity index (χ2n) is 10.8. The number of rotatable bonds is 6. The summed E-state index contributed by atoms with van der Waals surface area (Å²) in [6.07, 6.45) is 0. The highest BCUT2D eigenvalue weighted by Gasteiger charge is 2.45. The minimum Gasteiger partial charge on any atom is -0.411 e. The molecule has 1 saturated heterocycles. The van der Waals surface area contributed by atoms with Gasteiger partial charge in [-0.2, -0.15) is 0 Å². The van der Waals surface area contributed by atoms with Gasteiger partial charge in [0, 0.05) is 30.5 Å². The molecule has 0 saturated carbocycles. The van der Waals surface area contributed by atoms with E-state index in [9.17, 15) is 5.21 Å². The van der Waals surface area contributed by atoms with Crippen LogP contribution in [0, 0.1) is 11.8 Å². The molecule has 0 aliphatic carbocycles. The van der Waals surface area contributed by atoms with Crippen molar-refractivity contribution in [2.45, 2.75) is 72.0 Å². The quantitative estimate of drug-likeness (QED) is 0.291. The zero-order valence-electron chi connectivity index (χ0n) is 22.0. The van der Waals surface area contributed by atoms with Gasteiger partial charge in [0.05, 0.1) is 5.71 Å². The Morgan fingerprint density at radius 3 is 1.49 bits per heavy atom. The number of hydrogen-bond acceptors (Lipinski definition) is 3. The van der Waals surface area contributed by atoms with Crippen LogP contribution in [-0.4, -0.2) is 15.8 Å². The molecule has 3 aromatic carbocycles. The normalized spacial score (nSPS) is 23.1. The van der Waals surface area contributed by atoms with E-state index in [-0.39, 0.29) is 23.9 Å². The van der Waals surface area contributed by atoms with Gasteiger partial charge in [0.15, 0.2) is 0 Å². The molecule has 4 rings (SSSR count). The fraction of sp³-hybridized carbons (Fsp3) is 0.406. The SMILES string of the molecule is CC(C)c1ccc(C2C(C)C(=NO)C(C)C(c3ccc(C(C)C)cc3)N2Cc2ccccc2)cc1. The molecule has 1 heterocycles. The van der Waals surface area contributed by atoms with Gasteiger partial charge in [0.25, 0.3) is 0 Å². The molecule has 0 amide bonds. The number of hydrogen-bond donors (Lipinski definition) is 1. The second-order valence-corrected chi connectivity index (χ2v) is 10.8. The Hall–Kier alpha value is -2.91. The second kappa shape index (κ2) is 10.8. The summed E-state index contributed by atoms with van der Waals surface area (Å²) in [6, 6.07) is 29.1. The third-order valence-corrected chi connectivity index (χ3v) is 7.81. The summed E-state index contributed by atoms with van der Waals surface area (Å²) in [6.45, 7) is 14.2. The van der Waals surface area contributed by atoms with Gasteiger partial charge in [0.2, 0.25) is 0 Å². The lowest BCUT2D eigenvalue weighted by Gasteiger charge is -2.49. The molecule has 3 aromatic rings. The molecule has 1 fully saturated rings. The molecule has 0 spiro atoms.